The van der Waals surface area contributed by atoms with E-state index in [-0.39, 0.29) is 24.0 Å². The molecule has 0 aromatic carbocycles. The van der Waals surface area contributed by atoms with Crippen LogP contribution in [0, 0.1) is 0 Å². The smallest absolute Gasteiger partial charge is 0.295 e. The summed E-state index contributed by atoms with van der Waals surface area (Å²) in [5.74, 6) is 0. The van der Waals surface area contributed by atoms with Crippen molar-refractivity contribution in [2.24, 2.45) is 0 Å². The summed E-state index contributed by atoms with van der Waals surface area (Å²) in [6.07, 6.45) is 0. The third-order valence-electron chi connectivity index (χ3n) is 0.917. The fourth-order valence-electron chi connectivity index (χ4n) is 0.421. The van der Waals surface area contributed by atoms with E-state index in [1.807, 2.05) is 0 Å². The van der Waals surface area contributed by atoms with Gasteiger partial charge in [-0.25, -0.2) is 4.57 Å². The molecule has 0 spiro atoms. The molecule has 0 saturated carbocycles. The zero-order valence-electron chi connectivity index (χ0n) is 7.37. The Morgan fingerprint density at radius 1 is 1.15 bits per heavy atom. The minimum Gasteiger partial charge on any atom is -0.295 e. The SMILES string of the molecule is CC(Cl)COP(=O)(Cl)OCC(C)Cl. The molecule has 3 nitrogen and oxygen atoms in total. The molecule has 0 aliphatic carbocycles. The quantitative estimate of drug-likeness (QED) is 0.546. The lowest BCUT2D eigenvalue weighted by atomic mass is 10.5. The number of hydrogen-bond acceptors (Lipinski definition) is 3. The van der Waals surface area contributed by atoms with Crippen LogP contribution in [0.3, 0.4) is 0 Å². The number of halogens is 3. The van der Waals surface area contributed by atoms with Crippen LogP contribution >= 0.6 is 41.4 Å². The summed E-state index contributed by atoms with van der Waals surface area (Å²) in [6, 6.07) is 0. The van der Waals surface area contributed by atoms with E-state index < -0.39 is 6.95 Å². The van der Waals surface area contributed by atoms with E-state index in [1.54, 1.807) is 13.8 Å². The Balaban J connectivity index is 3.74. The molecule has 0 fully saturated rings. The Hall–Kier alpha value is 1.02. The highest BCUT2D eigenvalue weighted by Crippen LogP contribution is 2.53. The van der Waals surface area contributed by atoms with Crippen LogP contribution in [0.4, 0.5) is 0 Å². The zero-order valence-corrected chi connectivity index (χ0v) is 10.5. The molecule has 0 aromatic heterocycles. The Morgan fingerprint density at radius 2 is 1.46 bits per heavy atom. The average Bonchev–Trinajstić information content (AvgIpc) is 1.98. The molecule has 0 saturated heterocycles. The molecule has 2 atom stereocenters. The molecule has 0 heterocycles. The van der Waals surface area contributed by atoms with Crippen molar-refractivity contribution in [2.75, 3.05) is 13.2 Å². The Kier molecular flexibility index (Phi) is 7.00. The van der Waals surface area contributed by atoms with Crippen molar-refractivity contribution in [3.8, 4) is 0 Å². The van der Waals surface area contributed by atoms with E-state index in [0.29, 0.717) is 0 Å². The molecule has 0 bridgehead atoms. The maximum Gasteiger partial charge on any atom is 0.424 e. The predicted octanol–water partition coefficient (Wildman–Crippen LogP) is 3.62. The molecule has 0 aromatic rings. The van der Waals surface area contributed by atoms with Gasteiger partial charge in [-0.15, -0.1) is 23.2 Å². The van der Waals surface area contributed by atoms with Gasteiger partial charge < -0.3 is 0 Å². The molecule has 0 rings (SSSR count). The molecule has 0 amide bonds. The van der Waals surface area contributed by atoms with Gasteiger partial charge in [0.05, 0.1) is 24.0 Å². The molecule has 0 aliphatic rings. The van der Waals surface area contributed by atoms with Gasteiger partial charge in [0.15, 0.2) is 0 Å². The third-order valence-corrected chi connectivity index (χ3v) is 2.67. The van der Waals surface area contributed by atoms with E-state index in [2.05, 4.69) is 0 Å². The second-order valence-corrected chi connectivity index (χ2v) is 6.69. The van der Waals surface area contributed by atoms with E-state index in [4.69, 9.17) is 43.5 Å². The van der Waals surface area contributed by atoms with Crippen LogP contribution in [0.5, 0.6) is 0 Å². The van der Waals surface area contributed by atoms with Crippen LogP contribution in [-0.4, -0.2) is 24.0 Å². The van der Waals surface area contributed by atoms with Crippen LogP contribution in [0.25, 0.3) is 0 Å². The van der Waals surface area contributed by atoms with Crippen molar-refractivity contribution < 1.29 is 13.6 Å². The highest BCUT2D eigenvalue weighted by atomic mass is 35.7. The first-order chi connectivity index (χ1) is 5.83. The lowest BCUT2D eigenvalue weighted by molar-refractivity contribution is 0.221. The van der Waals surface area contributed by atoms with Crippen LogP contribution in [-0.2, 0) is 13.6 Å². The molecule has 0 radical (unpaired) electrons. The predicted molar refractivity (Wildman–Crippen MR) is 56.0 cm³/mol. The van der Waals surface area contributed by atoms with Crippen molar-refractivity contribution in [3.05, 3.63) is 0 Å². The Bertz CT molecular complexity index is 170. The van der Waals surface area contributed by atoms with Gasteiger partial charge in [0.1, 0.15) is 0 Å². The van der Waals surface area contributed by atoms with Gasteiger partial charge in [-0.1, -0.05) is 0 Å². The van der Waals surface area contributed by atoms with Gasteiger partial charge in [0.2, 0.25) is 0 Å². The largest absolute Gasteiger partial charge is 0.424 e. The fourth-order valence-corrected chi connectivity index (χ4v) is 1.94. The number of alkyl halides is 2. The first-order valence-electron chi connectivity index (χ1n) is 3.70. The van der Waals surface area contributed by atoms with Gasteiger partial charge >= 0.3 is 6.95 Å². The summed E-state index contributed by atoms with van der Waals surface area (Å²) in [7, 11) is 0. The van der Waals surface area contributed by atoms with Crippen molar-refractivity contribution in [1.29, 1.82) is 0 Å². The minimum absolute atomic E-state index is 0.0823. The standard InChI is InChI=1S/C6H12Cl3O3P/c1-5(7)3-11-13(9,10)12-4-6(2)8/h5-6H,3-4H2,1-2H3. The van der Waals surface area contributed by atoms with E-state index >= 15 is 0 Å². The molecule has 2 unspecified atom stereocenters. The normalized spacial score (nSPS) is 20.7. The summed E-state index contributed by atoms with van der Waals surface area (Å²) in [5, 5.41) is -0.520. The van der Waals surface area contributed by atoms with E-state index in [1.165, 1.54) is 0 Å². The maximum absolute atomic E-state index is 11.2. The Labute approximate surface area is 93.0 Å². The average molecular weight is 269 g/mol. The van der Waals surface area contributed by atoms with Crippen LogP contribution in [0.2, 0.25) is 0 Å². The highest BCUT2D eigenvalue weighted by molar-refractivity contribution is 7.81. The second-order valence-electron chi connectivity index (χ2n) is 2.58. The molecule has 0 N–H and O–H groups in total. The van der Waals surface area contributed by atoms with Gasteiger partial charge in [-0.2, -0.15) is 0 Å². The lowest BCUT2D eigenvalue weighted by Gasteiger charge is -2.13. The van der Waals surface area contributed by atoms with E-state index in [9.17, 15) is 4.57 Å². The highest BCUT2D eigenvalue weighted by Gasteiger charge is 2.22. The molecule has 7 heteroatoms. The van der Waals surface area contributed by atoms with Crippen molar-refractivity contribution in [2.45, 2.75) is 24.6 Å². The molecular weight excluding hydrogens is 257 g/mol. The first kappa shape index (κ1) is 14.0. The van der Waals surface area contributed by atoms with Crippen LogP contribution in [0.15, 0.2) is 0 Å². The summed E-state index contributed by atoms with van der Waals surface area (Å²) in [6.45, 7) is 0.0618. The molecule has 80 valence electrons. The summed E-state index contributed by atoms with van der Waals surface area (Å²) in [5.41, 5.74) is 0. The minimum atomic E-state index is -3.50. The van der Waals surface area contributed by atoms with Gasteiger partial charge in [0, 0.05) is 11.2 Å². The van der Waals surface area contributed by atoms with E-state index in [0.717, 1.165) is 0 Å². The molecule has 0 aliphatic heterocycles. The third kappa shape index (κ3) is 9.33. The van der Waals surface area contributed by atoms with Crippen molar-refractivity contribution in [3.63, 3.8) is 0 Å². The maximum atomic E-state index is 11.2. The van der Waals surface area contributed by atoms with Crippen molar-refractivity contribution >= 4 is 41.4 Å². The van der Waals surface area contributed by atoms with Crippen LogP contribution in [0.1, 0.15) is 13.8 Å². The van der Waals surface area contributed by atoms with Crippen molar-refractivity contribution in [1.82, 2.24) is 0 Å². The molecular formula is C6H12Cl3O3P. The number of hydrogen-bond donors (Lipinski definition) is 0. The summed E-state index contributed by atoms with van der Waals surface area (Å²) in [4.78, 5) is 0. The van der Waals surface area contributed by atoms with Crippen LogP contribution < -0.4 is 0 Å². The Morgan fingerprint density at radius 3 is 1.69 bits per heavy atom. The topological polar surface area (TPSA) is 35.5 Å². The first-order valence-corrected chi connectivity index (χ1v) is 7.02. The fraction of sp³-hybridized carbons (Fsp3) is 1.00. The zero-order chi connectivity index (χ0) is 10.5. The van der Waals surface area contributed by atoms with Gasteiger partial charge in [0.25, 0.3) is 0 Å². The lowest BCUT2D eigenvalue weighted by Crippen LogP contribution is -2.06. The molecule has 13 heavy (non-hydrogen) atoms. The second kappa shape index (κ2) is 6.49. The van der Waals surface area contributed by atoms with Gasteiger partial charge in [-0.05, 0) is 13.8 Å². The summed E-state index contributed by atoms with van der Waals surface area (Å²) >= 11 is 16.5. The van der Waals surface area contributed by atoms with Gasteiger partial charge in [-0.3, -0.25) is 9.05 Å². The summed E-state index contributed by atoms with van der Waals surface area (Å²) < 4.78 is 20.7. The number of rotatable bonds is 6. The monoisotopic (exact) mass is 268 g/mol.